The van der Waals surface area contributed by atoms with Crippen LogP contribution in [0.1, 0.15) is 33.6 Å². The van der Waals surface area contributed by atoms with Crippen molar-refractivity contribution in [2.45, 2.75) is 45.7 Å². The third-order valence-electron chi connectivity index (χ3n) is 2.35. The molecule has 0 aromatic heterocycles. The Balaban J connectivity index is 4.08. The Morgan fingerprint density at radius 3 is 2.41 bits per heavy atom. The number of rotatable bonds is 8. The highest BCUT2D eigenvalue weighted by atomic mass is 16.2. The molecule has 0 aliphatic carbocycles. The van der Waals surface area contributed by atoms with Crippen molar-refractivity contribution < 1.29 is 9.59 Å². The van der Waals surface area contributed by atoms with Crippen molar-refractivity contribution >= 4 is 11.9 Å². The molecule has 6 nitrogen and oxygen atoms in total. The predicted octanol–water partition coefficient (Wildman–Crippen LogP) is -0.0624. The number of likely N-dealkylation sites (N-methyl/N-ethyl adjacent to an activating group) is 1. The van der Waals surface area contributed by atoms with Crippen LogP contribution in [-0.4, -0.2) is 37.1 Å². The summed E-state index contributed by atoms with van der Waals surface area (Å²) in [7, 11) is 0. The van der Waals surface area contributed by atoms with Crippen molar-refractivity contribution in [3.8, 4) is 0 Å². The van der Waals surface area contributed by atoms with E-state index >= 15 is 0 Å². The van der Waals surface area contributed by atoms with Crippen LogP contribution in [0.4, 0.5) is 4.79 Å². The maximum absolute atomic E-state index is 11.8. The van der Waals surface area contributed by atoms with Crippen molar-refractivity contribution in [3.63, 3.8) is 0 Å². The Hall–Kier alpha value is -1.30. The minimum atomic E-state index is -0.668. The van der Waals surface area contributed by atoms with Gasteiger partial charge in [-0.15, -0.1) is 0 Å². The number of primary amides is 1. The lowest BCUT2D eigenvalue weighted by atomic mass is 10.1. The molecular formula is C11H24N4O2. The summed E-state index contributed by atoms with van der Waals surface area (Å²) in [4.78, 5) is 22.5. The third-order valence-corrected chi connectivity index (χ3v) is 2.35. The van der Waals surface area contributed by atoms with Crippen LogP contribution in [0.25, 0.3) is 0 Å². The van der Waals surface area contributed by atoms with Crippen LogP contribution in [0.2, 0.25) is 0 Å². The maximum Gasteiger partial charge on any atom is 0.312 e. The Morgan fingerprint density at radius 2 is 1.94 bits per heavy atom. The van der Waals surface area contributed by atoms with E-state index in [1.807, 2.05) is 20.8 Å². The summed E-state index contributed by atoms with van der Waals surface area (Å²) in [5.41, 5.74) is 5.02. The number of carbonyl (C=O) groups is 2. The maximum atomic E-state index is 11.8. The van der Waals surface area contributed by atoms with Crippen molar-refractivity contribution in [1.29, 1.82) is 0 Å². The van der Waals surface area contributed by atoms with Crippen LogP contribution >= 0.6 is 0 Å². The fourth-order valence-electron chi connectivity index (χ4n) is 1.53. The molecule has 0 fully saturated rings. The van der Waals surface area contributed by atoms with Crippen LogP contribution in [-0.2, 0) is 4.79 Å². The van der Waals surface area contributed by atoms with Crippen LogP contribution in [0.5, 0.6) is 0 Å². The van der Waals surface area contributed by atoms with Gasteiger partial charge in [0, 0.05) is 12.6 Å². The van der Waals surface area contributed by atoms with Gasteiger partial charge in [0.1, 0.15) is 6.04 Å². The van der Waals surface area contributed by atoms with Gasteiger partial charge >= 0.3 is 6.03 Å². The fraction of sp³-hybridized carbons (Fsp3) is 0.818. The van der Waals surface area contributed by atoms with E-state index in [0.29, 0.717) is 13.0 Å². The van der Waals surface area contributed by atoms with Gasteiger partial charge in [0.05, 0.1) is 0 Å². The first kappa shape index (κ1) is 15.7. The third kappa shape index (κ3) is 7.57. The van der Waals surface area contributed by atoms with E-state index in [0.717, 1.165) is 13.0 Å². The molecule has 0 heterocycles. The minimum Gasteiger partial charge on any atom is -0.353 e. The molecule has 2 atom stereocenters. The van der Waals surface area contributed by atoms with E-state index in [1.54, 1.807) is 0 Å². The fourth-order valence-corrected chi connectivity index (χ4v) is 1.53. The molecule has 0 aliphatic rings. The summed E-state index contributed by atoms with van der Waals surface area (Å²) >= 11 is 0. The Bertz CT molecular complexity index is 246. The van der Waals surface area contributed by atoms with Gasteiger partial charge < -0.3 is 21.7 Å². The second-order valence-electron chi connectivity index (χ2n) is 4.05. The lowest BCUT2D eigenvalue weighted by molar-refractivity contribution is -0.123. The van der Waals surface area contributed by atoms with Crippen LogP contribution in [0.15, 0.2) is 0 Å². The molecule has 0 unspecified atom stereocenters. The molecule has 100 valence electrons. The van der Waals surface area contributed by atoms with Crippen LogP contribution in [0.3, 0.4) is 0 Å². The lowest BCUT2D eigenvalue weighted by Gasteiger charge is -2.18. The van der Waals surface area contributed by atoms with Gasteiger partial charge in [0.15, 0.2) is 0 Å². The summed E-state index contributed by atoms with van der Waals surface area (Å²) < 4.78 is 0. The highest BCUT2D eigenvalue weighted by molar-refractivity contribution is 5.86. The van der Waals surface area contributed by atoms with Gasteiger partial charge in [0.2, 0.25) is 5.91 Å². The van der Waals surface area contributed by atoms with Crippen LogP contribution in [0, 0.1) is 0 Å². The van der Waals surface area contributed by atoms with E-state index in [2.05, 4.69) is 16.0 Å². The number of nitrogens with two attached hydrogens (primary N) is 1. The molecule has 0 aliphatic heterocycles. The minimum absolute atomic E-state index is 0.185. The first-order valence-corrected chi connectivity index (χ1v) is 6.08. The molecule has 0 radical (unpaired) electrons. The quantitative estimate of drug-likeness (QED) is 0.481. The summed E-state index contributed by atoms with van der Waals surface area (Å²) in [5.74, 6) is -0.185. The average molecular weight is 244 g/mol. The van der Waals surface area contributed by atoms with Crippen molar-refractivity contribution in [1.82, 2.24) is 16.0 Å². The molecule has 0 spiro atoms. The Kier molecular flexibility index (Phi) is 8.13. The second-order valence-corrected chi connectivity index (χ2v) is 4.05. The van der Waals surface area contributed by atoms with Crippen molar-refractivity contribution in [2.24, 2.45) is 5.73 Å². The summed E-state index contributed by atoms with van der Waals surface area (Å²) in [6, 6.07) is -0.996. The molecule has 0 aromatic carbocycles. The van der Waals surface area contributed by atoms with Gasteiger partial charge in [-0.3, -0.25) is 4.79 Å². The highest BCUT2D eigenvalue weighted by Gasteiger charge is 2.18. The first-order valence-electron chi connectivity index (χ1n) is 6.08. The summed E-state index contributed by atoms with van der Waals surface area (Å²) in [6.07, 6.45) is 1.39. The molecule has 0 rings (SSSR count). The zero-order valence-corrected chi connectivity index (χ0v) is 10.9. The van der Waals surface area contributed by atoms with Crippen molar-refractivity contribution in [2.75, 3.05) is 13.1 Å². The average Bonchev–Trinajstić information content (AvgIpc) is 2.25. The van der Waals surface area contributed by atoms with Crippen LogP contribution < -0.4 is 21.7 Å². The largest absolute Gasteiger partial charge is 0.353 e. The molecule has 17 heavy (non-hydrogen) atoms. The van der Waals surface area contributed by atoms with Gasteiger partial charge in [-0.1, -0.05) is 20.3 Å². The Morgan fingerprint density at radius 1 is 1.29 bits per heavy atom. The number of nitrogens with one attached hydrogen (secondary N) is 3. The normalized spacial score (nSPS) is 13.8. The zero-order chi connectivity index (χ0) is 13.3. The number of hydrogen-bond donors (Lipinski definition) is 4. The molecule has 5 N–H and O–H groups in total. The van der Waals surface area contributed by atoms with E-state index in [9.17, 15) is 9.59 Å². The van der Waals surface area contributed by atoms with E-state index < -0.39 is 12.1 Å². The molecular weight excluding hydrogens is 220 g/mol. The zero-order valence-electron chi connectivity index (χ0n) is 10.9. The number of urea groups is 1. The standard InChI is InChI=1S/C11H24N4O2/c1-4-6-9(15-11(12)17)10(16)14-7-8(3)13-5-2/h8-9,13H,4-7H2,1-3H3,(H,14,16)(H3,12,15,17)/t8-,9-/m1/s1. The molecule has 0 aromatic rings. The van der Waals surface area contributed by atoms with Gasteiger partial charge in [0.25, 0.3) is 0 Å². The number of hydrogen-bond acceptors (Lipinski definition) is 3. The van der Waals surface area contributed by atoms with Gasteiger partial charge in [-0.05, 0) is 19.9 Å². The smallest absolute Gasteiger partial charge is 0.312 e. The first-order chi connectivity index (χ1) is 8.01. The molecule has 6 heteroatoms. The lowest BCUT2D eigenvalue weighted by Crippen LogP contribution is -2.50. The van der Waals surface area contributed by atoms with E-state index in [4.69, 9.17) is 5.73 Å². The number of carbonyl (C=O) groups excluding carboxylic acids is 2. The highest BCUT2D eigenvalue weighted by Crippen LogP contribution is 1.96. The predicted molar refractivity (Wildman–Crippen MR) is 67.6 cm³/mol. The van der Waals surface area contributed by atoms with E-state index in [-0.39, 0.29) is 11.9 Å². The molecule has 0 saturated carbocycles. The second kappa shape index (κ2) is 8.81. The monoisotopic (exact) mass is 244 g/mol. The number of amides is 3. The SMILES string of the molecule is CCC[C@@H](NC(N)=O)C(=O)NC[C@@H](C)NCC. The Labute approximate surface area is 103 Å². The van der Waals surface area contributed by atoms with E-state index in [1.165, 1.54) is 0 Å². The van der Waals surface area contributed by atoms with Gasteiger partial charge in [-0.25, -0.2) is 4.79 Å². The summed E-state index contributed by atoms with van der Waals surface area (Å²) in [6.45, 7) is 7.33. The van der Waals surface area contributed by atoms with Crippen molar-refractivity contribution in [3.05, 3.63) is 0 Å². The van der Waals surface area contributed by atoms with Gasteiger partial charge in [-0.2, -0.15) is 0 Å². The topological polar surface area (TPSA) is 96.2 Å². The molecule has 0 saturated heterocycles. The summed E-state index contributed by atoms with van der Waals surface area (Å²) in [5, 5.41) is 8.41. The molecule has 0 bridgehead atoms. The molecule has 3 amide bonds.